The number of imidazole rings is 1. The topological polar surface area (TPSA) is 52.7 Å². The summed E-state index contributed by atoms with van der Waals surface area (Å²) in [4.78, 5) is 16.3. The summed E-state index contributed by atoms with van der Waals surface area (Å²) in [6.07, 6.45) is 3.59. The van der Waals surface area contributed by atoms with Crippen LogP contribution in [0.15, 0.2) is 47.5 Å². The van der Waals surface area contributed by atoms with Gasteiger partial charge in [0.1, 0.15) is 5.82 Å². The average molecular weight is 280 g/mol. The molecular weight excluding hydrogens is 264 g/mol. The van der Waals surface area contributed by atoms with E-state index in [0.717, 1.165) is 22.8 Å². The molecule has 21 heavy (non-hydrogen) atoms. The Morgan fingerprint density at radius 3 is 2.67 bits per heavy atom. The van der Waals surface area contributed by atoms with Crippen molar-refractivity contribution in [1.82, 2.24) is 19.3 Å². The van der Waals surface area contributed by atoms with Crippen LogP contribution in [0.1, 0.15) is 11.4 Å². The second kappa shape index (κ2) is 5.01. The van der Waals surface area contributed by atoms with Crippen LogP contribution in [-0.4, -0.2) is 19.3 Å². The standard InChI is InChI=1S/C16H16N4O/c1-11-5-4-6-13(7-11)15-10-20(12(2)18-15)14-8-16(21)19(3)17-9-14/h4-10H,1-3H3. The Morgan fingerprint density at radius 1 is 1.14 bits per heavy atom. The van der Waals surface area contributed by atoms with Crippen LogP contribution in [0.25, 0.3) is 16.9 Å². The molecule has 3 rings (SSSR count). The van der Waals surface area contributed by atoms with Gasteiger partial charge in [0.05, 0.1) is 17.6 Å². The van der Waals surface area contributed by atoms with E-state index in [-0.39, 0.29) is 5.56 Å². The summed E-state index contributed by atoms with van der Waals surface area (Å²) < 4.78 is 3.18. The van der Waals surface area contributed by atoms with Gasteiger partial charge in [-0.2, -0.15) is 5.10 Å². The third-order valence-corrected chi connectivity index (χ3v) is 3.43. The summed E-state index contributed by atoms with van der Waals surface area (Å²) >= 11 is 0. The van der Waals surface area contributed by atoms with Gasteiger partial charge in [-0.05, 0) is 19.9 Å². The maximum Gasteiger partial charge on any atom is 0.268 e. The molecule has 1 aromatic carbocycles. The number of hydrogen-bond acceptors (Lipinski definition) is 3. The Morgan fingerprint density at radius 2 is 1.95 bits per heavy atom. The highest BCUT2D eigenvalue weighted by Gasteiger charge is 2.09. The summed E-state index contributed by atoms with van der Waals surface area (Å²) in [6.45, 7) is 3.97. The van der Waals surface area contributed by atoms with Crippen molar-refractivity contribution in [2.45, 2.75) is 13.8 Å². The van der Waals surface area contributed by atoms with E-state index in [2.05, 4.69) is 29.1 Å². The van der Waals surface area contributed by atoms with Gasteiger partial charge < -0.3 is 4.57 Å². The third-order valence-electron chi connectivity index (χ3n) is 3.43. The van der Waals surface area contributed by atoms with Crippen molar-refractivity contribution in [1.29, 1.82) is 0 Å². The number of hydrogen-bond donors (Lipinski definition) is 0. The van der Waals surface area contributed by atoms with Crippen molar-refractivity contribution in [2.24, 2.45) is 7.05 Å². The second-order valence-electron chi connectivity index (χ2n) is 5.09. The summed E-state index contributed by atoms with van der Waals surface area (Å²) in [5.74, 6) is 0.821. The number of nitrogens with zero attached hydrogens (tertiary/aromatic N) is 4. The molecule has 106 valence electrons. The first-order valence-corrected chi connectivity index (χ1v) is 6.71. The monoisotopic (exact) mass is 280 g/mol. The Kier molecular flexibility index (Phi) is 3.17. The van der Waals surface area contributed by atoms with E-state index in [4.69, 9.17) is 0 Å². The van der Waals surface area contributed by atoms with E-state index in [0.29, 0.717) is 0 Å². The number of aryl methyl sites for hydroxylation is 3. The van der Waals surface area contributed by atoms with Crippen LogP contribution in [0.3, 0.4) is 0 Å². The van der Waals surface area contributed by atoms with Gasteiger partial charge in [0, 0.05) is 24.9 Å². The van der Waals surface area contributed by atoms with Crippen LogP contribution < -0.4 is 5.56 Å². The normalized spacial score (nSPS) is 10.8. The van der Waals surface area contributed by atoms with Crippen LogP contribution in [-0.2, 0) is 7.05 Å². The number of benzene rings is 1. The average Bonchev–Trinajstić information content (AvgIpc) is 2.84. The molecule has 0 saturated heterocycles. The zero-order valence-electron chi connectivity index (χ0n) is 12.2. The van der Waals surface area contributed by atoms with Gasteiger partial charge in [-0.1, -0.05) is 23.8 Å². The van der Waals surface area contributed by atoms with Crippen molar-refractivity contribution in [2.75, 3.05) is 0 Å². The number of rotatable bonds is 2. The predicted octanol–water partition coefficient (Wildman–Crippen LogP) is 2.25. The van der Waals surface area contributed by atoms with Crippen molar-refractivity contribution in [3.05, 3.63) is 64.5 Å². The molecule has 0 unspecified atom stereocenters. The molecule has 0 N–H and O–H groups in total. The highest BCUT2D eigenvalue weighted by Crippen LogP contribution is 2.21. The summed E-state index contributed by atoms with van der Waals surface area (Å²) in [6, 6.07) is 9.74. The Hall–Kier alpha value is -2.69. The van der Waals surface area contributed by atoms with Gasteiger partial charge in [-0.15, -0.1) is 0 Å². The smallest absolute Gasteiger partial charge is 0.268 e. The molecule has 0 aliphatic heterocycles. The largest absolute Gasteiger partial charge is 0.301 e. The van der Waals surface area contributed by atoms with Gasteiger partial charge in [-0.25, -0.2) is 9.67 Å². The van der Waals surface area contributed by atoms with Gasteiger partial charge in [0.15, 0.2) is 0 Å². The highest BCUT2D eigenvalue weighted by molar-refractivity contribution is 5.60. The molecule has 0 saturated carbocycles. The Balaban J connectivity index is 2.09. The molecule has 0 atom stereocenters. The molecule has 0 fully saturated rings. The van der Waals surface area contributed by atoms with Gasteiger partial charge >= 0.3 is 0 Å². The lowest BCUT2D eigenvalue weighted by atomic mass is 10.1. The lowest BCUT2D eigenvalue weighted by Crippen LogP contribution is -2.19. The van der Waals surface area contributed by atoms with Crippen LogP contribution in [0.4, 0.5) is 0 Å². The fraction of sp³-hybridized carbons (Fsp3) is 0.188. The maximum absolute atomic E-state index is 11.7. The molecule has 5 heteroatoms. The van der Waals surface area contributed by atoms with Gasteiger partial charge in [0.25, 0.3) is 5.56 Å². The lowest BCUT2D eigenvalue weighted by molar-refractivity contribution is 0.701. The molecule has 2 heterocycles. The van der Waals surface area contributed by atoms with E-state index in [1.54, 1.807) is 19.3 Å². The van der Waals surface area contributed by atoms with E-state index in [1.165, 1.54) is 10.2 Å². The van der Waals surface area contributed by atoms with Crippen molar-refractivity contribution < 1.29 is 0 Å². The van der Waals surface area contributed by atoms with Gasteiger partial charge in [0.2, 0.25) is 0 Å². The van der Waals surface area contributed by atoms with Crippen LogP contribution in [0.5, 0.6) is 0 Å². The first kappa shape index (κ1) is 13.3. The van der Waals surface area contributed by atoms with E-state index < -0.39 is 0 Å². The van der Waals surface area contributed by atoms with Crippen LogP contribution in [0, 0.1) is 13.8 Å². The van der Waals surface area contributed by atoms with E-state index in [9.17, 15) is 4.79 Å². The number of aromatic nitrogens is 4. The fourth-order valence-corrected chi connectivity index (χ4v) is 2.27. The molecule has 0 aliphatic rings. The Bertz CT molecular complexity index is 861. The first-order chi connectivity index (χ1) is 10.0. The quantitative estimate of drug-likeness (QED) is 0.723. The molecule has 0 radical (unpaired) electrons. The third kappa shape index (κ3) is 2.50. The molecule has 0 aliphatic carbocycles. The minimum absolute atomic E-state index is 0.141. The van der Waals surface area contributed by atoms with Crippen molar-refractivity contribution >= 4 is 0 Å². The fourth-order valence-electron chi connectivity index (χ4n) is 2.27. The molecule has 2 aromatic heterocycles. The molecular formula is C16H16N4O. The minimum atomic E-state index is -0.141. The molecule has 0 spiro atoms. The molecule has 3 aromatic rings. The van der Waals surface area contributed by atoms with Crippen LogP contribution in [0.2, 0.25) is 0 Å². The zero-order valence-corrected chi connectivity index (χ0v) is 12.2. The maximum atomic E-state index is 11.7. The molecule has 5 nitrogen and oxygen atoms in total. The van der Waals surface area contributed by atoms with Gasteiger partial charge in [-0.3, -0.25) is 4.79 Å². The van der Waals surface area contributed by atoms with Crippen molar-refractivity contribution in [3.63, 3.8) is 0 Å². The molecule has 0 amide bonds. The van der Waals surface area contributed by atoms with Crippen molar-refractivity contribution in [3.8, 4) is 16.9 Å². The lowest BCUT2D eigenvalue weighted by Gasteiger charge is -2.04. The minimum Gasteiger partial charge on any atom is -0.301 e. The van der Waals surface area contributed by atoms with E-state index >= 15 is 0 Å². The Labute approximate surface area is 122 Å². The second-order valence-corrected chi connectivity index (χ2v) is 5.09. The predicted molar refractivity (Wildman–Crippen MR) is 81.5 cm³/mol. The highest BCUT2D eigenvalue weighted by atomic mass is 16.1. The summed E-state index contributed by atoms with van der Waals surface area (Å²) in [5.41, 5.74) is 3.72. The summed E-state index contributed by atoms with van der Waals surface area (Å²) in [7, 11) is 1.63. The van der Waals surface area contributed by atoms with Crippen LogP contribution >= 0.6 is 0 Å². The van der Waals surface area contributed by atoms with E-state index in [1.807, 2.05) is 29.8 Å². The first-order valence-electron chi connectivity index (χ1n) is 6.71. The SMILES string of the molecule is Cc1cccc(-c2cn(-c3cnn(C)c(=O)c3)c(C)n2)c1. The summed E-state index contributed by atoms with van der Waals surface area (Å²) in [5, 5.41) is 4.05. The molecule has 0 bridgehead atoms. The zero-order chi connectivity index (χ0) is 15.0.